The van der Waals surface area contributed by atoms with Gasteiger partial charge in [0, 0.05) is 34.8 Å². The number of aryl methyl sites for hydroxylation is 1. The van der Waals surface area contributed by atoms with E-state index in [2.05, 4.69) is 20.3 Å². The minimum atomic E-state index is -3.68. The molecule has 0 unspecified atom stereocenters. The summed E-state index contributed by atoms with van der Waals surface area (Å²) in [7, 11) is -3.68. The van der Waals surface area contributed by atoms with Gasteiger partial charge in [-0.1, -0.05) is 30.3 Å². The van der Waals surface area contributed by atoms with Gasteiger partial charge in [-0.15, -0.1) is 11.3 Å². The maximum Gasteiger partial charge on any atom is 0.254 e. The van der Waals surface area contributed by atoms with Crippen molar-refractivity contribution in [2.24, 2.45) is 0 Å². The van der Waals surface area contributed by atoms with Gasteiger partial charge < -0.3 is 20.6 Å². The number of likely N-dealkylation sites (tertiary alicyclic amines) is 1. The number of thiazole rings is 1. The first-order chi connectivity index (χ1) is 20.6. The molecule has 5 rings (SSSR count). The molecule has 2 aromatic carbocycles. The molecule has 3 heterocycles. The van der Waals surface area contributed by atoms with E-state index >= 15 is 0 Å². The number of nitrogens with one attached hydrogen (secondary N) is 3. The van der Waals surface area contributed by atoms with Gasteiger partial charge in [0.25, 0.3) is 11.8 Å². The zero-order valence-corrected chi connectivity index (χ0v) is 26.1. The second-order valence-corrected chi connectivity index (χ2v) is 14.2. The van der Waals surface area contributed by atoms with E-state index in [0.29, 0.717) is 13.0 Å². The van der Waals surface area contributed by atoms with E-state index in [9.17, 15) is 23.1 Å². The van der Waals surface area contributed by atoms with Crippen molar-refractivity contribution in [3.05, 3.63) is 81.3 Å². The Bertz CT molecular complexity index is 1540. The minimum absolute atomic E-state index is 0.130. The number of amides is 2. The van der Waals surface area contributed by atoms with E-state index < -0.39 is 28.1 Å². The van der Waals surface area contributed by atoms with Gasteiger partial charge in [-0.05, 0) is 76.3 Å². The summed E-state index contributed by atoms with van der Waals surface area (Å²) < 4.78 is 27.5. The lowest BCUT2D eigenvalue weighted by Gasteiger charge is -2.29. The first-order valence-electron chi connectivity index (χ1n) is 14.8. The highest BCUT2D eigenvalue weighted by Gasteiger charge is 2.34. The Hall–Kier alpha value is -3.32. The van der Waals surface area contributed by atoms with Gasteiger partial charge >= 0.3 is 0 Å². The molecular formula is C31H39N5O5S2. The number of hydrogen-bond donors (Lipinski definition) is 4. The van der Waals surface area contributed by atoms with Crippen LogP contribution < -0.4 is 15.4 Å². The molecule has 2 aliphatic rings. The molecule has 3 aromatic rings. The summed E-state index contributed by atoms with van der Waals surface area (Å²) in [6.07, 6.45) is 2.90. The Balaban J connectivity index is 1.45. The summed E-state index contributed by atoms with van der Waals surface area (Å²) in [5.74, 6) is -0.958. The SMILES string of the molecule is CCS(=O)(=O)Nc1cc(C(=O)N[C@@H](Cc2ccccc2)[C@H](O)[C@H]2CCCN2)cc(C(=O)N2CCC[C@@H]2c2nc(C)cs2)c1. The number of aromatic nitrogens is 1. The second kappa shape index (κ2) is 13.5. The van der Waals surface area contributed by atoms with Gasteiger partial charge in [0.1, 0.15) is 5.01 Å². The van der Waals surface area contributed by atoms with Crippen LogP contribution in [-0.4, -0.2) is 72.3 Å². The first-order valence-corrected chi connectivity index (χ1v) is 17.3. The molecule has 2 saturated heterocycles. The first kappa shape index (κ1) is 31.1. The summed E-state index contributed by atoms with van der Waals surface area (Å²) >= 11 is 1.52. The van der Waals surface area contributed by atoms with E-state index in [1.54, 1.807) is 4.90 Å². The molecule has 1 aromatic heterocycles. The standard InChI is InChI=1S/C31H39N5O5S2/c1-3-43(40,41)35-24-17-22(16-23(18-24)31(39)36-14-8-12-27(36)30-33-20(2)19-42-30)29(38)34-26(15-21-9-5-4-6-10-21)28(37)25-11-7-13-32-25/h4-6,9-10,16-19,25-28,32,35,37H,3,7-8,11-15H2,1-2H3,(H,34,38)/t25-,26+,27-,28-/m1/s1. The lowest BCUT2D eigenvalue weighted by atomic mass is 9.95. The number of nitrogens with zero attached hydrogens (tertiary/aromatic N) is 2. The summed E-state index contributed by atoms with van der Waals surface area (Å²) in [5.41, 5.74) is 2.33. The van der Waals surface area contributed by atoms with Crippen molar-refractivity contribution in [1.82, 2.24) is 20.5 Å². The zero-order valence-electron chi connectivity index (χ0n) is 24.5. The van der Waals surface area contributed by atoms with Gasteiger partial charge in [-0.2, -0.15) is 0 Å². The predicted octanol–water partition coefficient (Wildman–Crippen LogP) is 3.64. The molecule has 0 radical (unpaired) electrons. The third-order valence-corrected chi connectivity index (χ3v) is 10.4. The number of anilines is 1. The van der Waals surface area contributed by atoms with E-state index in [4.69, 9.17) is 0 Å². The van der Waals surface area contributed by atoms with Crippen molar-refractivity contribution < 1.29 is 23.1 Å². The number of hydrogen-bond acceptors (Lipinski definition) is 8. The molecule has 0 spiro atoms. The average Bonchev–Trinajstić information content (AvgIpc) is 3.78. The van der Waals surface area contributed by atoms with Crippen LogP contribution in [0.3, 0.4) is 0 Å². The molecule has 2 amide bonds. The minimum Gasteiger partial charge on any atom is -0.389 e. The van der Waals surface area contributed by atoms with E-state index in [0.717, 1.165) is 48.5 Å². The zero-order chi connectivity index (χ0) is 30.6. The molecule has 0 bridgehead atoms. The van der Waals surface area contributed by atoms with Gasteiger partial charge in [0.15, 0.2) is 0 Å². The van der Waals surface area contributed by atoms with E-state index in [1.807, 2.05) is 42.6 Å². The van der Waals surface area contributed by atoms with Crippen LogP contribution in [0, 0.1) is 6.92 Å². The van der Waals surface area contributed by atoms with Crippen LogP contribution in [0.25, 0.3) is 0 Å². The van der Waals surface area contributed by atoms with Crippen LogP contribution >= 0.6 is 11.3 Å². The van der Waals surface area contributed by atoms with Crippen LogP contribution in [0.5, 0.6) is 0 Å². The summed E-state index contributed by atoms with van der Waals surface area (Å²) in [4.78, 5) is 34.0. The maximum absolute atomic E-state index is 13.9. The van der Waals surface area contributed by atoms with E-state index in [-0.39, 0.29) is 40.6 Å². The molecule has 0 saturated carbocycles. The molecule has 2 aliphatic heterocycles. The number of aliphatic hydroxyl groups is 1. The predicted molar refractivity (Wildman–Crippen MR) is 168 cm³/mol. The van der Waals surface area contributed by atoms with Gasteiger partial charge in [-0.25, -0.2) is 13.4 Å². The fraction of sp³-hybridized carbons (Fsp3) is 0.452. The smallest absolute Gasteiger partial charge is 0.254 e. The molecule has 12 heteroatoms. The van der Waals surface area contributed by atoms with Crippen molar-refractivity contribution in [1.29, 1.82) is 0 Å². The van der Waals surface area contributed by atoms with Crippen molar-refractivity contribution >= 4 is 38.9 Å². The number of aliphatic hydroxyl groups excluding tert-OH is 1. The highest BCUT2D eigenvalue weighted by molar-refractivity contribution is 7.92. The number of carbonyl (C=O) groups is 2. The normalized spacial score (nSPS) is 20.1. The Morgan fingerprint density at radius 3 is 2.58 bits per heavy atom. The lowest BCUT2D eigenvalue weighted by Crippen LogP contribution is -2.52. The monoisotopic (exact) mass is 625 g/mol. The highest BCUT2D eigenvalue weighted by atomic mass is 32.2. The Kier molecular flexibility index (Phi) is 9.80. The fourth-order valence-corrected chi connectivity index (χ4v) is 7.37. The van der Waals surface area contributed by atoms with E-state index in [1.165, 1.54) is 36.5 Å². The summed E-state index contributed by atoms with van der Waals surface area (Å²) in [5, 5.41) is 20.4. The largest absolute Gasteiger partial charge is 0.389 e. The van der Waals surface area contributed by atoms with Crippen molar-refractivity contribution in [2.45, 2.75) is 70.2 Å². The molecule has 43 heavy (non-hydrogen) atoms. The third kappa shape index (κ3) is 7.61. The molecule has 2 fully saturated rings. The Morgan fingerprint density at radius 1 is 1.14 bits per heavy atom. The number of benzene rings is 2. The fourth-order valence-electron chi connectivity index (χ4n) is 5.81. The summed E-state index contributed by atoms with van der Waals surface area (Å²) in [6.45, 7) is 4.77. The molecule has 4 N–H and O–H groups in total. The molecule has 4 atom stereocenters. The second-order valence-electron chi connectivity index (χ2n) is 11.3. The maximum atomic E-state index is 13.9. The molecule has 0 aliphatic carbocycles. The van der Waals surface area contributed by atoms with Gasteiger partial charge in [0.05, 0.1) is 29.6 Å². The van der Waals surface area contributed by atoms with Crippen LogP contribution in [0.4, 0.5) is 5.69 Å². The van der Waals surface area contributed by atoms with Crippen molar-refractivity contribution in [2.75, 3.05) is 23.6 Å². The van der Waals surface area contributed by atoms with Gasteiger partial charge in [0.2, 0.25) is 10.0 Å². The van der Waals surface area contributed by atoms with Crippen molar-refractivity contribution in [3.8, 4) is 0 Å². The molecule has 10 nitrogen and oxygen atoms in total. The van der Waals surface area contributed by atoms with Crippen LogP contribution in [-0.2, 0) is 16.4 Å². The number of carbonyl (C=O) groups excluding carboxylic acids is 2. The average molecular weight is 626 g/mol. The summed E-state index contributed by atoms with van der Waals surface area (Å²) in [6, 6.07) is 13.1. The Morgan fingerprint density at radius 2 is 1.91 bits per heavy atom. The van der Waals surface area contributed by atoms with Crippen LogP contribution in [0.1, 0.15) is 75.6 Å². The molecule has 230 valence electrons. The topological polar surface area (TPSA) is 141 Å². The number of rotatable bonds is 11. The third-order valence-electron chi connectivity index (χ3n) is 8.07. The van der Waals surface area contributed by atoms with Crippen LogP contribution in [0.2, 0.25) is 0 Å². The van der Waals surface area contributed by atoms with Crippen LogP contribution in [0.15, 0.2) is 53.9 Å². The Labute approximate surface area is 257 Å². The highest BCUT2D eigenvalue weighted by Crippen LogP contribution is 2.35. The lowest BCUT2D eigenvalue weighted by molar-refractivity contribution is 0.0733. The number of sulfonamides is 1. The van der Waals surface area contributed by atoms with Crippen molar-refractivity contribution in [3.63, 3.8) is 0 Å². The quantitative estimate of drug-likeness (QED) is 0.255. The van der Waals surface area contributed by atoms with Gasteiger partial charge in [-0.3, -0.25) is 14.3 Å². The molecular weight excluding hydrogens is 587 g/mol.